The standard InChI is InChI=1S/C20H18FN3O3/c1-25-15-8-4-14(5-9-15)24-18(12-27-16-6-2-13(21)3-7-16)23-20-17(19(24)22)10-11-26-20/h2-11,18,22-23H,12H2,1H3. The minimum Gasteiger partial charge on any atom is -0.497 e. The molecule has 1 aromatic heterocycles. The summed E-state index contributed by atoms with van der Waals surface area (Å²) in [5, 5.41) is 11.9. The Balaban J connectivity index is 1.61. The van der Waals surface area contributed by atoms with Crippen molar-refractivity contribution in [2.24, 2.45) is 0 Å². The monoisotopic (exact) mass is 367 g/mol. The molecule has 27 heavy (non-hydrogen) atoms. The summed E-state index contributed by atoms with van der Waals surface area (Å²) in [6, 6.07) is 15.0. The van der Waals surface area contributed by atoms with E-state index in [9.17, 15) is 4.39 Å². The third-order valence-corrected chi connectivity index (χ3v) is 4.34. The molecule has 0 saturated carbocycles. The molecule has 1 aliphatic heterocycles. The van der Waals surface area contributed by atoms with Crippen LogP contribution in [0.5, 0.6) is 11.5 Å². The Morgan fingerprint density at radius 1 is 1.07 bits per heavy atom. The Kier molecular flexibility index (Phi) is 4.42. The Morgan fingerprint density at radius 3 is 2.48 bits per heavy atom. The molecule has 2 heterocycles. The van der Waals surface area contributed by atoms with Crippen LogP contribution >= 0.6 is 0 Å². The van der Waals surface area contributed by atoms with Gasteiger partial charge in [0, 0.05) is 5.69 Å². The molecule has 0 radical (unpaired) electrons. The quantitative estimate of drug-likeness (QED) is 0.711. The first-order valence-corrected chi connectivity index (χ1v) is 8.40. The summed E-state index contributed by atoms with van der Waals surface area (Å²) in [6.45, 7) is 0.222. The predicted molar refractivity (Wildman–Crippen MR) is 100 cm³/mol. The van der Waals surface area contributed by atoms with Crippen molar-refractivity contribution in [2.45, 2.75) is 6.17 Å². The van der Waals surface area contributed by atoms with Gasteiger partial charge in [-0.3, -0.25) is 5.41 Å². The van der Waals surface area contributed by atoms with E-state index in [2.05, 4.69) is 5.32 Å². The molecule has 0 amide bonds. The highest BCUT2D eigenvalue weighted by Gasteiger charge is 2.33. The van der Waals surface area contributed by atoms with Crippen molar-refractivity contribution in [2.75, 3.05) is 23.9 Å². The number of amidine groups is 1. The number of hydrogen-bond donors (Lipinski definition) is 2. The van der Waals surface area contributed by atoms with E-state index in [0.29, 0.717) is 23.0 Å². The summed E-state index contributed by atoms with van der Waals surface area (Å²) in [6.07, 6.45) is 1.16. The molecule has 2 aromatic carbocycles. The van der Waals surface area contributed by atoms with Gasteiger partial charge in [0.2, 0.25) is 5.88 Å². The average molecular weight is 367 g/mol. The summed E-state index contributed by atoms with van der Waals surface area (Å²) >= 11 is 0. The number of nitrogens with zero attached hydrogens (tertiary/aromatic N) is 1. The van der Waals surface area contributed by atoms with Gasteiger partial charge in [-0.2, -0.15) is 0 Å². The van der Waals surface area contributed by atoms with Crippen LogP contribution in [0.25, 0.3) is 0 Å². The summed E-state index contributed by atoms with van der Waals surface area (Å²) in [4.78, 5) is 1.82. The molecule has 7 heteroatoms. The number of methoxy groups -OCH3 is 1. The van der Waals surface area contributed by atoms with Crippen molar-refractivity contribution in [3.05, 3.63) is 72.2 Å². The zero-order chi connectivity index (χ0) is 18.8. The van der Waals surface area contributed by atoms with Crippen molar-refractivity contribution >= 4 is 17.4 Å². The molecule has 3 aromatic rings. The van der Waals surface area contributed by atoms with Gasteiger partial charge < -0.3 is 24.1 Å². The van der Waals surface area contributed by atoms with Crippen LogP contribution in [0.2, 0.25) is 0 Å². The van der Waals surface area contributed by atoms with Crippen LogP contribution in [0.3, 0.4) is 0 Å². The largest absolute Gasteiger partial charge is 0.497 e. The maximum Gasteiger partial charge on any atom is 0.205 e. The van der Waals surface area contributed by atoms with Gasteiger partial charge in [-0.25, -0.2) is 4.39 Å². The lowest BCUT2D eigenvalue weighted by molar-refractivity contribution is 0.296. The molecular weight excluding hydrogens is 349 g/mol. The molecule has 138 valence electrons. The molecule has 4 rings (SSSR count). The normalized spacial score (nSPS) is 15.9. The topological polar surface area (TPSA) is 70.7 Å². The summed E-state index contributed by atoms with van der Waals surface area (Å²) in [5.74, 6) is 1.79. The number of ether oxygens (including phenoxy) is 2. The molecule has 0 saturated heterocycles. The molecule has 0 spiro atoms. The number of furan rings is 1. The Labute approximate surface area is 155 Å². The van der Waals surface area contributed by atoms with Gasteiger partial charge in [0.15, 0.2) is 0 Å². The van der Waals surface area contributed by atoms with Crippen LogP contribution < -0.4 is 19.7 Å². The molecule has 1 atom stereocenters. The lowest BCUT2D eigenvalue weighted by Gasteiger charge is -2.37. The highest BCUT2D eigenvalue weighted by molar-refractivity contribution is 6.12. The van der Waals surface area contributed by atoms with Crippen LogP contribution in [-0.4, -0.2) is 25.7 Å². The molecule has 0 aliphatic carbocycles. The Bertz CT molecular complexity index is 938. The van der Waals surface area contributed by atoms with Crippen molar-refractivity contribution in [3.8, 4) is 11.5 Å². The fraction of sp³-hybridized carbons (Fsp3) is 0.150. The van der Waals surface area contributed by atoms with Gasteiger partial charge in [0.1, 0.15) is 35.9 Å². The molecule has 6 nitrogen and oxygen atoms in total. The van der Waals surface area contributed by atoms with Crippen LogP contribution in [-0.2, 0) is 0 Å². The third kappa shape index (κ3) is 3.31. The minimum atomic E-state index is -0.380. The Hall–Kier alpha value is -3.48. The maximum atomic E-state index is 13.1. The number of benzene rings is 2. The summed E-state index contributed by atoms with van der Waals surface area (Å²) in [5.41, 5.74) is 1.48. The SMILES string of the molecule is COc1ccc(N2C(=N)c3ccoc3NC2COc2ccc(F)cc2)cc1. The third-order valence-electron chi connectivity index (χ3n) is 4.34. The van der Waals surface area contributed by atoms with E-state index < -0.39 is 0 Å². The Morgan fingerprint density at radius 2 is 1.78 bits per heavy atom. The van der Waals surface area contributed by atoms with E-state index in [0.717, 1.165) is 11.4 Å². The lowest BCUT2D eigenvalue weighted by Crippen LogP contribution is -2.51. The van der Waals surface area contributed by atoms with E-state index in [1.165, 1.54) is 12.1 Å². The number of nitrogens with one attached hydrogen (secondary N) is 2. The predicted octanol–water partition coefficient (Wildman–Crippen LogP) is 4.09. The van der Waals surface area contributed by atoms with Gasteiger partial charge in [0.25, 0.3) is 0 Å². The second kappa shape index (κ2) is 7.03. The average Bonchev–Trinajstić information content (AvgIpc) is 3.17. The van der Waals surface area contributed by atoms with E-state index in [1.807, 2.05) is 29.2 Å². The zero-order valence-electron chi connectivity index (χ0n) is 14.6. The molecule has 2 N–H and O–H groups in total. The number of hydrogen-bond acceptors (Lipinski definition) is 5. The first kappa shape index (κ1) is 17.0. The van der Waals surface area contributed by atoms with Gasteiger partial charge >= 0.3 is 0 Å². The lowest BCUT2D eigenvalue weighted by atomic mass is 10.1. The number of fused-ring (bicyclic) bond motifs is 1. The molecule has 0 bridgehead atoms. The van der Waals surface area contributed by atoms with Crippen LogP contribution in [0.15, 0.2) is 65.3 Å². The molecule has 1 aliphatic rings. The van der Waals surface area contributed by atoms with Crippen molar-refractivity contribution in [1.82, 2.24) is 0 Å². The summed E-state index contributed by atoms with van der Waals surface area (Å²) in [7, 11) is 1.61. The molecule has 0 fully saturated rings. The molecular formula is C20H18FN3O3. The highest BCUT2D eigenvalue weighted by Crippen LogP contribution is 2.31. The minimum absolute atomic E-state index is 0.222. The second-order valence-electron chi connectivity index (χ2n) is 6.01. The van der Waals surface area contributed by atoms with Crippen LogP contribution in [0.1, 0.15) is 5.56 Å². The van der Waals surface area contributed by atoms with Crippen molar-refractivity contribution in [1.29, 1.82) is 5.41 Å². The first-order chi connectivity index (χ1) is 13.2. The van der Waals surface area contributed by atoms with Gasteiger partial charge in [-0.15, -0.1) is 0 Å². The van der Waals surface area contributed by atoms with E-state index in [4.69, 9.17) is 19.3 Å². The van der Waals surface area contributed by atoms with Gasteiger partial charge in [0.05, 0.1) is 18.9 Å². The van der Waals surface area contributed by atoms with E-state index in [1.54, 1.807) is 31.6 Å². The number of rotatable bonds is 5. The molecule has 1 unspecified atom stereocenters. The van der Waals surface area contributed by atoms with Crippen LogP contribution in [0.4, 0.5) is 16.0 Å². The number of halogens is 1. The van der Waals surface area contributed by atoms with Gasteiger partial charge in [-0.1, -0.05) is 0 Å². The van der Waals surface area contributed by atoms with Gasteiger partial charge in [-0.05, 0) is 54.6 Å². The van der Waals surface area contributed by atoms with E-state index in [-0.39, 0.29) is 18.6 Å². The number of anilines is 2. The van der Waals surface area contributed by atoms with Crippen molar-refractivity contribution < 1.29 is 18.3 Å². The maximum absolute atomic E-state index is 13.1. The second-order valence-corrected chi connectivity index (χ2v) is 6.01. The van der Waals surface area contributed by atoms with E-state index >= 15 is 0 Å². The zero-order valence-corrected chi connectivity index (χ0v) is 14.6. The smallest absolute Gasteiger partial charge is 0.205 e. The fourth-order valence-electron chi connectivity index (χ4n) is 2.98. The van der Waals surface area contributed by atoms with Crippen molar-refractivity contribution in [3.63, 3.8) is 0 Å². The first-order valence-electron chi connectivity index (χ1n) is 8.40. The van der Waals surface area contributed by atoms with Crippen LogP contribution in [0, 0.1) is 11.2 Å². The summed E-state index contributed by atoms with van der Waals surface area (Å²) < 4.78 is 29.5. The fourth-order valence-corrected chi connectivity index (χ4v) is 2.98. The highest BCUT2D eigenvalue weighted by atomic mass is 19.1.